The molecule has 0 amide bonds. The summed E-state index contributed by atoms with van der Waals surface area (Å²) in [4.78, 5) is 16.2. The highest BCUT2D eigenvalue weighted by Gasteiger charge is 2.30. The van der Waals surface area contributed by atoms with Crippen LogP contribution in [-0.4, -0.2) is 33.5 Å². The Hall–Kier alpha value is -1.33. The lowest BCUT2D eigenvalue weighted by Gasteiger charge is -2.19. The minimum atomic E-state index is -0.757. The summed E-state index contributed by atoms with van der Waals surface area (Å²) in [6.45, 7) is 0.804. The maximum absolute atomic E-state index is 10.9. The molecule has 1 aliphatic rings. The number of hydrogen-bond donors (Lipinski definition) is 2. The fourth-order valence-corrected chi connectivity index (χ4v) is 2.79. The Bertz CT molecular complexity index is 619. The number of carbonyl (C=O) groups is 1. The van der Waals surface area contributed by atoms with E-state index in [0.29, 0.717) is 12.6 Å². The number of aromatic nitrogens is 1. The summed E-state index contributed by atoms with van der Waals surface area (Å²) in [6.07, 6.45) is 4.20. The van der Waals surface area contributed by atoms with Gasteiger partial charge in [0, 0.05) is 34.2 Å². The van der Waals surface area contributed by atoms with E-state index in [1.807, 2.05) is 23.2 Å². The molecule has 3 rings (SSSR count). The fraction of sp³-hybridized carbons (Fsp3) is 0.357. The van der Waals surface area contributed by atoms with Gasteiger partial charge in [-0.05, 0) is 36.6 Å². The minimum Gasteiger partial charge on any atom is -0.480 e. The summed E-state index contributed by atoms with van der Waals surface area (Å²) >= 11 is 3.48. The van der Waals surface area contributed by atoms with Gasteiger partial charge in [0.2, 0.25) is 0 Å². The molecular weight excluding hydrogens is 308 g/mol. The summed E-state index contributed by atoms with van der Waals surface area (Å²) in [7, 11) is 0. The van der Waals surface area contributed by atoms with E-state index in [2.05, 4.69) is 27.0 Å². The molecule has 1 saturated carbocycles. The van der Waals surface area contributed by atoms with Gasteiger partial charge in [-0.1, -0.05) is 15.9 Å². The number of carboxylic acid groups (broad SMARTS) is 1. The van der Waals surface area contributed by atoms with Gasteiger partial charge in [-0.15, -0.1) is 0 Å². The van der Waals surface area contributed by atoms with Crippen molar-refractivity contribution in [2.45, 2.75) is 25.4 Å². The molecule has 0 unspecified atom stereocenters. The van der Waals surface area contributed by atoms with Gasteiger partial charge in [0.05, 0.1) is 6.54 Å². The van der Waals surface area contributed by atoms with Gasteiger partial charge < -0.3 is 10.1 Å². The zero-order valence-corrected chi connectivity index (χ0v) is 12.0. The largest absolute Gasteiger partial charge is 0.480 e. The first-order chi connectivity index (χ1) is 9.13. The molecule has 1 heterocycles. The Morgan fingerprint density at radius 2 is 2.26 bits per heavy atom. The predicted octanol–water partition coefficient (Wildman–Crippen LogP) is 2.98. The first-order valence-corrected chi connectivity index (χ1v) is 7.14. The van der Waals surface area contributed by atoms with E-state index in [0.717, 1.165) is 33.8 Å². The fourth-order valence-electron chi connectivity index (χ4n) is 2.43. The molecule has 5 heteroatoms. The molecule has 0 radical (unpaired) electrons. The summed E-state index contributed by atoms with van der Waals surface area (Å²) < 4.78 is 1.04. The molecule has 0 saturated heterocycles. The van der Waals surface area contributed by atoms with E-state index in [4.69, 9.17) is 5.11 Å². The third-order valence-corrected chi connectivity index (χ3v) is 4.00. The van der Waals surface area contributed by atoms with Crippen LogP contribution in [-0.2, 0) is 11.3 Å². The quantitative estimate of drug-likeness (QED) is 0.889. The third-order valence-electron chi connectivity index (χ3n) is 3.50. The number of halogens is 1. The van der Waals surface area contributed by atoms with Gasteiger partial charge >= 0.3 is 5.97 Å². The van der Waals surface area contributed by atoms with E-state index in [-0.39, 0.29) is 6.54 Å². The van der Waals surface area contributed by atoms with Crippen molar-refractivity contribution in [2.24, 2.45) is 0 Å². The maximum Gasteiger partial charge on any atom is 0.317 e. The molecule has 100 valence electrons. The summed E-state index contributed by atoms with van der Waals surface area (Å²) in [6, 6.07) is 6.54. The molecule has 4 nitrogen and oxygen atoms in total. The smallest absolute Gasteiger partial charge is 0.317 e. The van der Waals surface area contributed by atoms with Crippen molar-refractivity contribution < 1.29 is 9.90 Å². The van der Waals surface area contributed by atoms with Crippen molar-refractivity contribution in [2.75, 3.05) is 6.54 Å². The number of fused-ring (bicyclic) bond motifs is 1. The normalized spacial score (nSPS) is 15.3. The molecule has 0 bridgehead atoms. The molecule has 1 aromatic carbocycles. The van der Waals surface area contributed by atoms with Gasteiger partial charge in [-0.3, -0.25) is 9.69 Å². The Kier molecular flexibility index (Phi) is 3.33. The molecule has 1 aromatic heterocycles. The number of benzene rings is 1. The van der Waals surface area contributed by atoms with Crippen LogP contribution in [0.15, 0.2) is 28.9 Å². The zero-order chi connectivity index (χ0) is 13.4. The summed E-state index contributed by atoms with van der Waals surface area (Å²) in [5.74, 6) is -0.757. The molecule has 2 aromatic rings. The van der Waals surface area contributed by atoms with Crippen molar-refractivity contribution in [3.63, 3.8) is 0 Å². The van der Waals surface area contributed by atoms with Crippen LogP contribution in [0.2, 0.25) is 0 Å². The van der Waals surface area contributed by atoms with Crippen LogP contribution in [0.5, 0.6) is 0 Å². The Balaban J connectivity index is 1.86. The second kappa shape index (κ2) is 4.98. The van der Waals surface area contributed by atoms with E-state index in [1.54, 1.807) is 0 Å². The van der Waals surface area contributed by atoms with Crippen molar-refractivity contribution in [3.05, 3.63) is 34.4 Å². The average Bonchev–Trinajstić information content (AvgIpc) is 3.12. The van der Waals surface area contributed by atoms with E-state index >= 15 is 0 Å². The lowest BCUT2D eigenvalue weighted by atomic mass is 10.1. The number of nitrogens with one attached hydrogen (secondary N) is 1. The van der Waals surface area contributed by atoms with Crippen LogP contribution >= 0.6 is 15.9 Å². The molecule has 0 spiro atoms. The maximum atomic E-state index is 10.9. The van der Waals surface area contributed by atoms with Crippen molar-refractivity contribution in [1.29, 1.82) is 0 Å². The number of hydrogen-bond acceptors (Lipinski definition) is 2. The molecule has 1 aliphatic carbocycles. The van der Waals surface area contributed by atoms with Gasteiger partial charge in [-0.2, -0.15) is 0 Å². The van der Waals surface area contributed by atoms with E-state index < -0.39 is 5.97 Å². The Morgan fingerprint density at radius 1 is 1.47 bits per heavy atom. The zero-order valence-electron chi connectivity index (χ0n) is 10.4. The highest BCUT2D eigenvalue weighted by Crippen LogP contribution is 2.30. The van der Waals surface area contributed by atoms with E-state index in [1.165, 1.54) is 0 Å². The molecule has 0 atom stereocenters. The summed E-state index contributed by atoms with van der Waals surface area (Å²) in [5.41, 5.74) is 2.24. The van der Waals surface area contributed by atoms with Gasteiger partial charge in [0.1, 0.15) is 0 Å². The second-order valence-corrected chi connectivity index (χ2v) is 5.95. The number of aromatic amines is 1. The number of carboxylic acids is 1. The lowest BCUT2D eigenvalue weighted by molar-refractivity contribution is -0.138. The highest BCUT2D eigenvalue weighted by atomic mass is 79.9. The average molecular weight is 323 g/mol. The SMILES string of the molecule is O=C(O)CN(Cc1c[nH]c2ccc(Br)cc12)C1CC1. The number of nitrogens with zero attached hydrogens (tertiary/aromatic N) is 1. The van der Waals surface area contributed by atoms with Gasteiger partial charge in [0.25, 0.3) is 0 Å². The Morgan fingerprint density at radius 3 is 2.95 bits per heavy atom. The molecular formula is C14H15BrN2O2. The summed E-state index contributed by atoms with van der Waals surface area (Å²) in [5, 5.41) is 10.1. The Labute approximate surface area is 119 Å². The second-order valence-electron chi connectivity index (χ2n) is 5.03. The number of rotatable bonds is 5. The highest BCUT2D eigenvalue weighted by molar-refractivity contribution is 9.10. The third kappa shape index (κ3) is 2.82. The van der Waals surface area contributed by atoms with Crippen LogP contribution in [0.25, 0.3) is 10.9 Å². The van der Waals surface area contributed by atoms with Crippen molar-refractivity contribution >= 4 is 32.8 Å². The van der Waals surface area contributed by atoms with Crippen LogP contribution < -0.4 is 0 Å². The van der Waals surface area contributed by atoms with Crippen LogP contribution in [0.4, 0.5) is 0 Å². The number of H-pyrrole nitrogens is 1. The molecule has 1 fully saturated rings. The topological polar surface area (TPSA) is 56.3 Å². The standard InChI is InChI=1S/C14H15BrN2O2/c15-10-1-4-13-12(5-10)9(6-16-13)7-17(8-14(18)19)11-2-3-11/h1,4-6,11,16H,2-3,7-8H2,(H,18,19). The van der Waals surface area contributed by atoms with Crippen LogP contribution in [0.3, 0.4) is 0 Å². The monoisotopic (exact) mass is 322 g/mol. The molecule has 19 heavy (non-hydrogen) atoms. The molecule has 0 aliphatic heterocycles. The van der Waals surface area contributed by atoms with Gasteiger partial charge in [0.15, 0.2) is 0 Å². The van der Waals surface area contributed by atoms with Crippen LogP contribution in [0.1, 0.15) is 18.4 Å². The molecule has 2 N–H and O–H groups in total. The van der Waals surface area contributed by atoms with Crippen molar-refractivity contribution in [1.82, 2.24) is 9.88 Å². The number of aliphatic carboxylic acids is 1. The predicted molar refractivity (Wildman–Crippen MR) is 77.1 cm³/mol. The minimum absolute atomic E-state index is 0.116. The van der Waals surface area contributed by atoms with Crippen molar-refractivity contribution in [3.8, 4) is 0 Å². The van der Waals surface area contributed by atoms with Gasteiger partial charge in [-0.25, -0.2) is 0 Å². The van der Waals surface area contributed by atoms with E-state index in [9.17, 15) is 4.79 Å². The first kappa shape index (κ1) is 12.7. The van der Waals surface area contributed by atoms with Crippen LogP contribution in [0, 0.1) is 0 Å². The first-order valence-electron chi connectivity index (χ1n) is 6.35. The lowest BCUT2D eigenvalue weighted by Crippen LogP contribution is -2.31.